The summed E-state index contributed by atoms with van der Waals surface area (Å²) in [4.78, 5) is 12.1. The zero-order chi connectivity index (χ0) is 13.0. The maximum absolute atomic E-state index is 12.1. The molecule has 18 heavy (non-hydrogen) atoms. The molecule has 1 amide bonds. The normalized spacial score (nSPS) is 15.1. The van der Waals surface area contributed by atoms with Crippen LogP contribution in [-0.4, -0.2) is 25.5 Å². The van der Waals surface area contributed by atoms with Crippen molar-refractivity contribution in [3.05, 3.63) is 43.5 Å². The predicted octanol–water partition coefficient (Wildman–Crippen LogP) is 2.70. The molecular formula is C13H14BrIN2O. The Morgan fingerprint density at radius 2 is 2.33 bits per heavy atom. The van der Waals surface area contributed by atoms with E-state index in [0.717, 1.165) is 27.6 Å². The van der Waals surface area contributed by atoms with Gasteiger partial charge in [-0.2, -0.15) is 0 Å². The summed E-state index contributed by atoms with van der Waals surface area (Å²) in [6, 6.07) is 5.76. The molecule has 0 atom stereocenters. The molecule has 2 rings (SSSR count). The molecule has 1 aliphatic rings. The van der Waals surface area contributed by atoms with Gasteiger partial charge in [-0.3, -0.25) is 4.79 Å². The van der Waals surface area contributed by atoms with Crippen molar-refractivity contribution in [2.75, 3.05) is 19.6 Å². The Morgan fingerprint density at radius 1 is 1.50 bits per heavy atom. The molecule has 0 aromatic heterocycles. The molecule has 0 spiro atoms. The quantitative estimate of drug-likeness (QED) is 0.583. The van der Waals surface area contributed by atoms with Crippen LogP contribution >= 0.6 is 38.5 Å². The van der Waals surface area contributed by atoms with Crippen molar-refractivity contribution in [2.24, 2.45) is 0 Å². The van der Waals surface area contributed by atoms with Crippen LogP contribution in [0.1, 0.15) is 16.8 Å². The number of carbonyl (C=O) groups excluding carboxylic acids is 1. The van der Waals surface area contributed by atoms with Gasteiger partial charge in [0.25, 0.3) is 5.91 Å². The van der Waals surface area contributed by atoms with Gasteiger partial charge >= 0.3 is 0 Å². The zero-order valence-electron chi connectivity index (χ0n) is 9.80. The van der Waals surface area contributed by atoms with Crippen LogP contribution < -0.4 is 10.6 Å². The Balaban J connectivity index is 1.99. The lowest BCUT2D eigenvalue weighted by molar-refractivity contribution is 0.0956. The highest BCUT2D eigenvalue weighted by atomic mass is 127. The van der Waals surface area contributed by atoms with Crippen LogP contribution in [-0.2, 0) is 0 Å². The number of nitrogens with one attached hydrogen (secondary N) is 2. The summed E-state index contributed by atoms with van der Waals surface area (Å²) in [5.74, 6) is -0.0279. The minimum atomic E-state index is -0.0279. The fourth-order valence-corrected chi connectivity index (χ4v) is 2.71. The number of carbonyl (C=O) groups is 1. The summed E-state index contributed by atoms with van der Waals surface area (Å²) >= 11 is 5.61. The van der Waals surface area contributed by atoms with E-state index in [0.29, 0.717) is 12.1 Å². The average Bonchev–Trinajstić information content (AvgIpc) is 2.40. The van der Waals surface area contributed by atoms with Crippen molar-refractivity contribution in [3.63, 3.8) is 0 Å². The molecule has 0 bridgehead atoms. The first-order valence-corrected chi connectivity index (χ1v) is 7.66. The largest absolute Gasteiger partial charge is 0.348 e. The average molecular weight is 421 g/mol. The molecule has 0 aliphatic carbocycles. The van der Waals surface area contributed by atoms with E-state index in [9.17, 15) is 4.79 Å². The maximum atomic E-state index is 12.1. The van der Waals surface area contributed by atoms with Gasteiger partial charge < -0.3 is 10.6 Å². The second-order valence-electron chi connectivity index (χ2n) is 4.12. The van der Waals surface area contributed by atoms with Crippen LogP contribution in [0.4, 0.5) is 0 Å². The van der Waals surface area contributed by atoms with E-state index in [-0.39, 0.29) is 5.91 Å². The summed E-state index contributed by atoms with van der Waals surface area (Å²) < 4.78 is 1.89. The fourth-order valence-electron chi connectivity index (χ4n) is 1.79. The van der Waals surface area contributed by atoms with E-state index in [1.807, 2.05) is 18.2 Å². The molecule has 1 heterocycles. The molecule has 2 N–H and O–H groups in total. The molecule has 3 nitrogen and oxygen atoms in total. The third-order valence-electron chi connectivity index (χ3n) is 2.81. The monoisotopic (exact) mass is 420 g/mol. The van der Waals surface area contributed by atoms with Crippen LogP contribution in [0, 0.1) is 3.57 Å². The highest BCUT2D eigenvalue weighted by Crippen LogP contribution is 2.19. The van der Waals surface area contributed by atoms with Crippen molar-refractivity contribution < 1.29 is 4.79 Å². The number of rotatable bonds is 3. The van der Waals surface area contributed by atoms with Crippen LogP contribution in [0.5, 0.6) is 0 Å². The highest BCUT2D eigenvalue weighted by Gasteiger charge is 2.11. The Hall–Kier alpha value is -0.400. The van der Waals surface area contributed by atoms with E-state index < -0.39 is 0 Å². The maximum Gasteiger partial charge on any atom is 0.252 e. The van der Waals surface area contributed by atoms with E-state index in [1.54, 1.807) is 0 Å². The highest BCUT2D eigenvalue weighted by molar-refractivity contribution is 14.1. The first kappa shape index (κ1) is 14.0. The minimum absolute atomic E-state index is 0.0279. The van der Waals surface area contributed by atoms with Crippen molar-refractivity contribution >= 4 is 44.4 Å². The molecule has 1 aromatic rings. The number of hydrogen-bond acceptors (Lipinski definition) is 2. The van der Waals surface area contributed by atoms with E-state index in [2.05, 4.69) is 55.2 Å². The molecule has 5 heteroatoms. The summed E-state index contributed by atoms with van der Waals surface area (Å²) in [6.07, 6.45) is 3.15. The lowest BCUT2D eigenvalue weighted by atomic mass is 10.1. The fraction of sp³-hybridized carbons (Fsp3) is 0.308. The molecule has 0 radical (unpaired) electrons. The molecule has 0 saturated carbocycles. The van der Waals surface area contributed by atoms with Gasteiger partial charge in [-0.25, -0.2) is 0 Å². The topological polar surface area (TPSA) is 41.1 Å². The lowest BCUT2D eigenvalue weighted by Crippen LogP contribution is -2.29. The molecule has 96 valence electrons. The van der Waals surface area contributed by atoms with Gasteiger partial charge in [0.15, 0.2) is 0 Å². The van der Waals surface area contributed by atoms with E-state index in [4.69, 9.17) is 0 Å². The number of hydrogen-bond donors (Lipinski definition) is 2. The standard InChI is InChI=1S/C13H14BrIN2O/c14-12-2-1-10(15)7-11(12)13(18)17-8-9-3-5-16-6-4-9/h1-3,7,16H,4-6,8H2,(H,17,18). The second kappa shape index (κ2) is 6.68. The third-order valence-corrected chi connectivity index (χ3v) is 4.17. The summed E-state index contributed by atoms with van der Waals surface area (Å²) in [5, 5.41) is 6.22. The van der Waals surface area contributed by atoms with Gasteiger partial charge in [0.2, 0.25) is 0 Å². The first-order valence-electron chi connectivity index (χ1n) is 5.78. The molecule has 0 saturated heterocycles. The predicted molar refractivity (Wildman–Crippen MR) is 84.8 cm³/mol. The van der Waals surface area contributed by atoms with Crippen molar-refractivity contribution in [1.29, 1.82) is 0 Å². The van der Waals surface area contributed by atoms with Gasteiger partial charge in [0.05, 0.1) is 5.56 Å². The smallest absolute Gasteiger partial charge is 0.252 e. The van der Waals surface area contributed by atoms with Crippen LogP contribution in [0.3, 0.4) is 0 Å². The van der Waals surface area contributed by atoms with Gasteiger partial charge in [0.1, 0.15) is 0 Å². The number of amides is 1. The minimum Gasteiger partial charge on any atom is -0.348 e. The van der Waals surface area contributed by atoms with Crippen LogP contribution in [0.2, 0.25) is 0 Å². The van der Waals surface area contributed by atoms with Gasteiger partial charge in [-0.1, -0.05) is 11.6 Å². The zero-order valence-corrected chi connectivity index (χ0v) is 13.5. The third kappa shape index (κ3) is 3.80. The van der Waals surface area contributed by atoms with Crippen LogP contribution in [0.15, 0.2) is 34.3 Å². The molecule has 0 unspecified atom stereocenters. The van der Waals surface area contributed by atoms with E-state index in [1.165, 1.54) is 5.57 Å². The molecule has 1 aliphatic heterocycles. The van der Waals surface area contributed by atoms with Crippen LogP contribution in [0.25, 0.3) is 0 Å². The van der Waals surface area contributed by atoms with Crippen molar-refractivity contribution in [3.8, 4) is 0 Å². The second-order valence-corrected chi connectivity index (χ2v) is 6.22. The Labute approximate surface area is 129 Å². The molecule has 1 aromatic carbocycles. The molecular weight excluding hydrogens is 407 g/mol. The number of halogens is 2. The molecule has 0 fully saturated rings. The summed E-state index contributed by atoms with van der Waals surface area (Å²) in [7, 11) is 0. The number of benzene rings is 1. The summed E-state index contributed by atoms with van der Waals surface area (Å²) in [5.41, 5.74) is 1.99. The van der Waals surface area contributed by atoms with Gasteiger partial charge in [-0.15, -0.1) is 0 Å². The SMILES string of the molecule is O=C(NCC1=CCNCC1)c1cc(I)ccc1Br. The Kier molecular flexibility index (Phi) is 5.20. The van der Waals surface area contributed by atoms with Gasteiger partial charge in [-0.05, 0) is 69.7 Å². The Bertz CT molecular complexity index is 488. The Morgan fingerprint density at radius 3 is 3.06 bits per heavy atom. The first-order chi connectivity index (χ1) is 8.66. The van der Waals surface area contributed by atoms with E-state index >= 15 is 0 Å². The van der Waals surface area contributed by atoms with Crippen molar-refractivity contribution in [2.45, 2.75) is 6.42 Å². The van der Waals surface area contributed by atoms with Crippen molar-refractivity contribution in [1.82, 2.24) is 10.6 Å². The van der Waals surface area contributed by atoms with Gasteiger partial charge in [0, 0.05) is 21.1 Å². The lowest BCUT2D eigenvalue weighted by Gasteiger charge is -2.15. The summed E-state index contributed by atoms with van der Waals surface area (Å²) in [6.45, 7) is 2.53.